The number of nitrogen functional groups attached to an aromatic ring is 1. The molecule has 0 saturated carbocycles. The number of halogens is 1. The van der Waals surface area contributed by atoms with Gasteiger partial charge in [0.25, 0.3) is 0 Å². The van der Waals surface area contributed by atoms with E-state index in [0.29, 0.717) is 6.54 Å². The molecular formula is C16H19FN2O. The summed E-state index contributed by atoms with van der Waals surface area (Å²) in [5, 5.41) is 9.63. The quantitative estimate of drug-likeness (QED) is 0.840. The Kier molecular flexibility index (Phi) is 4.13. The van der Waals surface area contributed by atoms with Gasteiger partial charge in [0.1, 0.15) is 11.6 Å². The van der Waals surface area contributed by atoms with Gasteiger partial charge >= 0.3 is 0 Å². The van der Waals surface area contributed by atoms with Crippen LogP contribution in [0.15, 0.2) is 36.4 Å². The summed E-state index contributed by atoms with van der Waals surface area (Å²) >= 11 is 0. The molecular weight excluding hydrogens is 255 g/mol. The number of nitrogens with zero attached hydrogens (tertiary/aromatic N) is 1. The third kappa shape index (κ3) is 3.02. The number of phenols is 1. The third-order valence-electron chi connectivity index (χ3n) is 3.35. The van der Waals surface area contributed by atoms with Crippen molar-refractivity contribution in [2.24, 2.45) is 0 Å². The van der Waals surface area contributed by atoms with E-state index in [9.17, 15) is 9.50 Å². The SMILES string of the molecule is CCN(Cc1ccc(N)c(F)c1)c1cc(O)ccc1C. The van der Waals surface area contributed by atoms with Gasteiger partial charge in [-0.3, -0.25) is 0 Å². The fraction of sp³-hybridized carbons (Fsp3) is 0.250. The lowest BCUT2D eigenvalue weighted by Crippen LogP contribution is -2.22. The summed E-state index contributed by atoms with van der Waals surface area (Å²) in [6.45, 7) is 5.34. The minimum Gasteiger partial charge on any atom is -0.508 e. The van der Waals surface area contributed by atoms with E-state index in [2.05, 4.69) is 4.90 Å². The summed E-state index contributed by atoms with van der Waals surface area (Å²) in [6.07, 6.45) is 0. The number of benzene rings is 2. The normalized spacial score (nSPS) is 10.6. The van der Waals surface area contributed by atoms with Crippen molar-refractivity contribution in [1.82, 2.24) is 0 Å². The Bertz CT molecular complexity index is 613. The molecule has 3 nitrogen and oxygen atoms in total. The predicted octanol–water partition coefficient (Wildman–Crippen LogP) is 3.45. The van der Waals surface area contributed by atoms with Gasteiger partial charge in [0, 0.05) is 24.8 Å². The predicted molar refractivity (Wildman–Crippen MR) is 80.4 cm³/mol. The Morgan fingerprint density at radius 3 is 2.60 bits per heavy atom. The highest BCUT2D eigenvalue weighted by Gasteiger charge is 2.10. The van der Waals surface area contributed by atoms with Crippen LogP contribution in [0.3, 0.4) is 0 Å². The van der Waals surface area contributed by atoms with E-state index < -0.39 is 5.82 Å². The second kappa shape index (κ2) is 5.82. The first-order valence-electron chi connectivity index (χ1n) is 6.59. The van der Waals surface area contributed by atoms with Crippen molar-refractivity contribution in [2.75, 3.05) is 17.2 Å². The van der Waals surface area contributed by atoms with E-state index in [0.717, 1.165) is 23.4 Å². The number of hydrogen-bond donors (Lipinski definition) is 2. The largest absolute Gasteiger partial charge is 0.508 e. The first-order chi connectivity index (χ1) is 9.51. The fourth-order valence-electron chi connectivity index (χ4n) is 2.20. The number of aromatic hydroxyl groups is 1. The van der Waals surface area contributed by atoms with Crippen LogP contribution in [0.2, 0.25) is 0 Å². The summed E-state index contributed by atoms with van der Waals surface area (Å²) in [5.41, 5.74) is 8.51. The van der Waals surface area contributed by atoms with E-state index in [4.69, 9.17) is 5.73 Å². The topological polar surface area (TPSA) is 49.5 Å². The van der Waals surface area contributed by atoms with Crippen LogP contribution in [-0.4, -0.2) is 11.7 Å². The van der Waals surface area contributed by atoms with Crippen molar-refractivity contribution < 1.29 is 9.50 Å². The molecule has 0 spiro atoms. The molecule has 0 atom stereocenters. The van der Waals surface area contributed by atoms with Gasteiger partial charge in [-0.05, 0) is 43.2 Å². The molecule has 0 aliphatic rings. The van der Waals surface area contributed by atoms with Gasteiger partial charge in [-0.2, -0.15) is 0 Å². The van der Waals surface area contributed by atoms with Crippen molar-refractivity contribution in [3.8, 4) is 5.75 Å². The molecule has 0 aliphatic heterocycles. The van der Waals surface area contributed by atoms with Gasteiger partial charge in [-0.25, -0.2) is 4.39 Å². The summed E-state index contributed by atoms with van der Waals surface area (Å²) in [7, 11) is 0. The number of hydrogen-bond acceptors (Lipinski definition) is 3. The third-order valence-corrected chi connectivity index (χ3v) is 3.35. The Morgan fingerprint density at radius 1 is 1.20 bits per heavy atom. The molecule has 20 heavy (non-hydrogen) atoms. The standard InChI is InChI=1S/C16H19FN2O/c1-3-19(16-9-13(20)6-4-11(16)2)10-12-5-7-15(18)14(17)8-12/h4-9,20H,3,10,18H2,1-2H3. The second-order valence-corrected chi connectivity index (χ2v) is 4.84. The van der Waals surface area contributed by atoms with Crippen LogP contribution < -0.4 is 10.6 Å². The highest BCUT2D eigenvalue weighted by atomic mass is 19.1. The van der Waals surface area contributed by atoms with E-state index in [1.807, 2.05) is 26.0 Å². The minimum absolute atomic E-state index is 0.158. The van der Waals surface area contributed by atoms with E-state index in [-0.39, 0.29) is 11.4 Å². The lowest BCUT2D eigenvalue weighted by Gasteiger charge is -2.25. The van der Waals surface area contributed by atoms with Gasteiger partial charge in [0.2, 0.25) is 0 Å². The second-order valence-electron chi connectivity index (χ2n) is 4.84. The molecule has 4 heteroatoms. The molecule has 0 aromatic heterocycles. The Balaban J connectivity index is 2.28. The molecule has 0 bridgehead atoms. The molecule has 0 fully saturated rings. The number of rotatable bonds is 4. The van der Waals surface area contributed by atoms with E-state index in [1.54, 1.807) is 18.2 Å². The fourth-order valence-corrected chi connectivity index (χ4v) is 2.20. The van der Waals surface area contributed by atoms with Crippen LogP contribution in [0.1, 0.15) is 18.1 Å². The zero-order chi connectivity index (χ0) is 14.7. The molecule has 0 saturated heterocycles. The van der Waals surface area contributed by atoms with Gasteiger partial charge < -0.3 is 15.7 Å². The van der Waals surface area contributed by atoms with Crippen molar-refractivity contribution in [1.29, 1.82) is 0 Å². The average Bonchev–Trinajstić information content (AvgIpc) is 2.43. The molecule has 0 radical (unpaired) electrons. The lowest BCUT2D eigenvalue weighted by molar-refractivity contribution is 0.475. The van der Waals surface area contributed by atoms with E-state index in [1.165, 1.54) is 6.07 Å². The Morgan fingerprint density at radius 2 is 1.95 bits per heavy atom. The van der Waals surface area contributed by atoms with Crippen LogP contribution in [0.4, 0.5) is 15.8 Å². The number of nitrogens with two attached hydrogens (primary N) is 1. The van der Waals surface area contributed by atoms with Crippen LogP contribution in [0.5, 0.6) is 5.75 Å². The van der Waals surface area contributed by atoms with Gasteiger partial charge in [-0.1, -0.05) is 12.1 Å². The molecule has 2 aromatic carbocycles. The first kappa shape index (κ1) is 14.2. The van der Waals surface area contributed by atoms with Crippen molar-refractivity contribution >= 4 is 11.4 Å². The van der Waals surface area contributed by atoms with Crippen molar-refractivity contribution in [2.45, 2.75) is 20.4 Å². The van der Waals surface area contributed by atoms with Gasteiger partial charge in [0.05, 0.1) is 5.69 Å². The van der Waals surface area contributed by atoms with Crippen molar-refractivity contribution in [3.05, 3.63) is 53.3 Å². The van der Waals surface area contributed by atoms with Crippen LogP contribution >= 0.6 is 0 Å². The maximum absolute atomic E-state index is 13.5. The molecule has 106 valence electrons. The van der Waals surface area contributed by atoms with Crippen LogP contribution in [0.25, 0.3) is 0 Å². The zero-order valence-electron chi connectivity index (χ0n) is 11.7. The van der Waals surface area contributed by atoms with Crippen LogP contribution in [0, 0.1) is 12.7 Å². The molecule has 0 unspecified atom stereocenters. The molecule has 2 aromatic rings. The highest BCUT2D eigenvalue weighted by Crippen LogP contribution is 2.26. The summed E-state index contributed by atoms with van der Waals surface area (Å²) in [5.74, 6) is -0.168. The monoisotopic (exact) mass is 274 g/mol. The molecule has 0 aliphatic carbocycles. The van der Waals surface area contributed by atoms with Gasteiger partial charge in [-0.15, -0.1) is 0 Å². The number of aryl methyl sites for hydroxylation is 1. The molecule has 3 N–H and O–H groups in total. The number of anilines is 2. The zero-order valence-corrected chi connectivity index (χ0v) is 11.7. The molecule has 0 amide bonds. The van der Waals surface area contributed by atoms with Crippen molar-refractivity contribution in [3.63, 3.8) is 0 Å². The summed E-state index contributed by atoms with van der Waals surface area (Å²) in [4.78, 5) is 2.08. The summed E-state index contributed by atoms with van der Waals surface area (Å²) < 4.78 is 13.5. The highest BCUT2D eigenvalue weighted by molar-refractivity contribution is 5.57. The summed E-state index contributed by atoms with van der Waals surface area (Å²) in [6, 6.07) is 10.1. The smallest absolute Gasteiger partial charge is 0.146 e. The van der Waals surface area contributed by atoms with Gasteiger partial charge in [0.15, 0.2) is 0 Å². The number of phenolic OH excluding ortho intramolecular Hbond substituents is 1. The van der Waals surface area contributed by atoms with Crippen LogP contribution in [-0.2, 0) is 6.54 Å². The molecule has 2 rings (SSSR count). The maximum atomic E-state index is 13.5. The first-order valence-corrected chi connectivity index (χ1v) is 6.59. The Hall–Kier alpha value is -2.23. The lowest BCUT2D eigenvalue weighted by atomic mass is 10.1. The molecule has 0 heterocycles. The van der Waals surface area contributed by atoms with E-state index >= 15 is 0 Å². The average molecular weight is 274 g/mol. The maximum Gasteiger partial charge on any atom is 0.146 e. The minimum atomic E-state index is -0.397. The Labute approximate surface area is 118 Å².